The van der Waals surface area contributed by atoms with Gasteiger partial charge < -0.3 is 10.6 Å². The second-order valence-electron chi connectivity index (χ2n) is 3.91. The number of nitrogens with two attached hydrogens (primary N) is 1. The Morgan fingerprint density at radius 3 is 2.62 bits per heavy atom. The number of guanidine groups is 1. The maximum atomic E-state index is 5.78. The van der Waals surface area contributed by atoms with E-state index >= 15 is 0 Å². The zero-order valence-electron chi connectivity index (χ0n) is 9.01. The Hall–Kier alpha value is -0.730. The molecule has 1 unspecified atom stereocenters. The molecule has 0 spiro atoms. The molecule has 1 heterocycles. The second-order valence-corrected chi connectivity index (χ2v) is 3.91. The average molecular weight is 183 g/mol. The van der Waals surface area contributed by atoms with Gasteiger partial charge in [-0.2, -0.15) is 0 Å². The van der Waals surface area contributed by atoms with Gasteiger partial charge in [-0.25, -0.2) is 0 Å². The third-order valence-corrected chi connectivity index (χ3v) is 3.24. The first-order chi connectivity index (χ1) is 6.16. The molecule has 0 aliphatic carbocycles. The molecule has 76 valence electrons. The van der Waals surface area contributed by atoms with E-state index in [0.29, 0.717) is 5.96 Å². The molecule has 0 bridgehead atoms. The Morgan fingerprint density at radius 1 is 1.54 bits per heavy atom. The lowest BCUT2D eigenvalue weighted by atomic mass is 9.89. The highest BCUT2D eigenvalue weighted by molar-refractivity contribution is 5.80. The molecule has 1 aliphatic rings. The lowest BCUT2D eigenvalue weighted by Gasteiger charge is -2.36. The van der Waals surface area contributed by atoms with E-state index in [1.807, 2.05) is 0 Å². The smallest absolute Gasteiger partial charge is 0.191 e. The number of rotatable bonds is 4. The van der Waals surface area contributed by atoms with Gasteiger partial charge in [-0.15, -0.1) is 0 Å². The Kier molecular flexibility index (Phi) is 3.17. The highest BCUT2D eigenvalue weighted by Gasteiger charge is 2.37. The largest absolute Gasteiger partial charge is 0.370 e. The molecule has 0 amide bonds. The Morgan fingerprint density at radius 2 is 2.23 bits per heavy atom. The van der Waals surface area contributed by atoms with Gasteiger partial charge in [0.05, 0.1) is 12.1 Å². The molecular weight excluding hydrogens is 162 g/mol. The number of hydrogen-bond donors (Lipinski definition) is 1. The fourth-order valence-electron chi connectivity index (χ4n) is 1.96. The number of hydrogen-bond acceptors (Lipinski definition) is 3. The molecule has 2 N–H and O–H groups in total. The van der Waals surface area contributed by atoms with E-state index in [0.717, 1.165) is 13.0 Å². The van der Waals surface area contributed by atoms with E-state index in [4.69, 9.17) is 5.73 Å². The van der Waals surface area contributed by atoms with Crippen molar-refractivity contribution in [3.05, 3.63) is 0 Å². The molecule has 0 aromatic rings. The molecule has 0 aromatic heterocycles. The van der Waals surface area contributed by atoms with Crippen LogP contribution in [0, 0.1) is 0 Å². The van der Waals surface area contributed by atoms with Gasteiger partial charge in [-0.1, -0.05) is 26.7 Å². The van der Waals surface area contributed by atoms with Crippen LogP contribution in [-0.2, 0) is 0 Å². The van der Waals surface area contributed by atoms with Crippen LogP contribution in [0.4, 0.5) is 0 Å². The van der Waals surface area contributed by atoms with Crippen molar-refractivity contribution >= 4 is 5.96 Å². The molecule has 1 rings (SSSR count). The molecular formula is C10H21N3. The number of nitrogens with zero attached hydrogens (tertiary/aromatic N) is 2. The number of unbranched alkanes of at least 4 members (excludes halogenated alkanes) is 1. The maximum Gasteiger partial charge on any atom is 0.191 e. The van der Waals surface area contributed by atoms with Crippen molar-refractivity contribution in [2.75, 3.05) is 13.6 Å². The average Bonchev–Trinajstić information content (AvgIpc) is 2.43. The van der Waals surface area contributed by atoms with Gasteiger partial charge >= 0.3 is 0 Å². The summed E-state index contributed by atoms with van der Waals surface area (Å²) in [7, 11) is 2.06. The van der Waals surface area contributed by atoms with Crippen LogP contribution < -0.4 is 5.73 Å². The molecule has 0 aromatic carbocycles. The monoisotopic (exact) mass is 183 g/mol. The fraction of sp³-hybridized carbons (Fsp3) is 0.900. The minimum atomic E-state index is 0.222. The van der Waals surface area contributed by atoms with Gasteiger partial charge in [0.25, 0.3) is 0 Å². The van der Waals surface area contributed by atoms with Crippen LogP contribution in [0.15, 0.2) is 4.99 Å². The highest BCUT2D eigenvalue weighted by atomic mass is 15.3. The molecule has 3 nitrogen and oxygen atoms in total. The zero-order chi connectivity index (χ0) is 9.90. The highest BCUT2D eigenvalue weighted by Crippen LogP contribution is 2.29. The zero-order valence-corrected chi connectivity index (χ0v) is 9.01. The summed E-state index contributed by atoms with van der Waals surface area (Å²) in [5, 5.41) is 0. The molecule has 0 radical (unpaired) electrons. The van der Waals surface area contributed by atoms with E-state index in [2.05, 4.69) is 30.8 Å². The van der Waals surface area contributed by atoms with Crippen LogP contribution in [0.25, 0.3) is 0 Å². The van der Waals surface area contributed by atoms with Crippen LogP contribution in [0.5, 0.6) is 0 Å². The number of likely N-dealkylation sites (N-methyl/N-ethyl adjacent to an activating group) is 1. The van der Waals surface area contributed by atoms with Gasteiger partial charge in [0, 0.05) is 7.05 Å². The summed E-state index contributed by atoms with van der Waals surface area (Å²) >= 11 is 0. The van der Waals surface area contributed by atoms with Crippen molar-refractivity contribution in [2.24, 2.45) is 10.7 Å². The van der Waals surface area contributed by atoms with Gasteiger partial charge in [-0.05, 0) is 12.8 Å². The molecule has 3 heteroatoms. The molecule has 0 saturated heterocycles. The second kappa shape index (κ2) is 3.99. The predicted molar refractivity (Wildman–Crippen MR) is 56.8 cm³/mol. The molecule has 1 aliphatic heterocycles. The first-order valence-electron chi connectivity index (χ1n) is 5.20. The lowest BCUT2D eigenvalue weighted by Crippen LogP contribution is -2.48. The minimum Gasteiger partial charge on any atom is -0.370 e. The molecule has 0 fully saturated rings. The third kappa shape index (κ3) is 1.79. The Labute approximate surface area is 81.0 Å². The SMILES string of the molecule is CCCCC1(CC)CN=C(N)N1C. The fourth-order valence-corrected chi connectivity index (χ4v) is 1.96. The molecule has 1 atom stereocenters. The Balaban J connectivity index is 2.62. The summed E-state index contributed by atoms with van der Waals surface area (Å²) in [6.45, 7) is 5.33. The van der Waals surface area contributed by atoms with Crippen LogP contribution in [0.2, 0.25) is 0 Å². The van der Waals surface area contributed by atoms with Crippen molar-refractivity contribution in [1.82, 2.24) is 4.90 Å². The summed E-state index contributed by atoms with van der Waals surface area (Å²) in [6, 6.07) is 0. The van der Waals surface area contributed by atoms with Crippen molar-refractivity contribution < 1.29 is 0 Å². The lowest BCUT2D eigenvalue weighted by molar-refractivity contribution is 0.205. The van der Waals surface area contributed by atoms with E-state index in [9.17, 15) is 0 Å². The Bertz CT molecular complexity index is 200. The molecule has 13 heavy (non-hydrogen) atoms. The third-order valence-electron chi connectivity index (χ3n) is 3.24. The number of aliphatic imine (C=N–C) groups is 1. The van der Waals surface area contributed by atoms with Crippen molar-refractivity contribution in [3.63, 3.8) is 0 Å². The quantitative estimate of drug-likeness (QED) is 0.719. The van der Waals surface area contributed by atoms with Crippen molar-refractivity contribution in [1.29, 1.82) is 0 Å². The van der Waals surface area contributed by atoms with Crippen LogP contribution in [0.3, 0.4) is 0 Å². The van der Waals surface area contributed by atoms with Gasteiger partial charge in [0.1, 0.15) is 0 Å². The van der Waals surface area contributed by atoms with E-state index in [1.165, 1.54) is 19.3 Å². The summed E-state index contributed by atoms with van der Waals surface area (Å²) in [5.74, 6) is 0.706. The minimum absolute atomic E-state index is 0.222. The topological polar surface area (TPSA) is 41.6 Å². The first-order valence-corrected chi connectivity index (χ1v) is 5.20. The summed E-state index contributed by atoms with van der Waals surface area (Å²) < 4.78 is 0. The van der Waals surface area contributed by atoms with E-state index < -0.39 is 0 Å². The maximum absolute atomic E-state index is 5.78. The summed E-state index contributed by atoms with van der Waals surface area (Å²) in [4.78, 5) is 6.47. The van der Waals surface area contributed by atoms with Crippen molar-refractivity contribution in [2.45, 2.75) is 45.1 Å². The predicted octanol–water partition coefficient (Wildman–Crippen LogP) is 1.59. The standard InChI is InChI=1S/C10H21N3/c1-4-6-7-10(5-2)8-12-9(11)13(10)3/h4-8H2,1-3H3,(H2,11,12). The van der Waals surface area contributed by atoms with Crippen LogP contribution >= 0.6 is 0 Å². The first kappa shape index (κ1) is 10.4. The van der Waals surface area contributed by atoms with Crippen LogP contribution in [0.1, 0.15) is 39.5 Å². The van der Waals surface area contributed by atoms with Crippen LogP contribution in [-0.4, -0.2) is 30.0 Å². The normalized spacial score (nSPS) is 27.9. The van der Waals surface area contributed by atoms with Gasteiger partial charge in [-0.3, -0.25) is 4.99 Å². The van der Waals surface area contributed by atoms with E-state index in [1.54, 1.807) is 0 Å². The molecule has 0 saturated carbocycles. The van der Waals surface area contributed by atoms with Gasteiger partial charge in [0.2, 0.25) is 0 Å². The van der Waals surface area contributed by atoms with E-state index in [-0.39, 0.29) is 5.54 Å². The van der Waals surface area contributed by atoms with Crippen molar-refractivity contribution in [3.8, 4) is 0 Å². The summed E-state index contributed by atoms with van der Waals surface area (Å²) in [6.07, 6.45) is 4.85. The summed E-state index contributed by atoms with van der Waals surface area (Å²) in [5.41, 5.74) is 6.00. The van der Waals surface area contributed by atoms with Gasteiger partial charge in [0.15, 0.2) is 5.96 Å².